The number of para-hydroxylation sites is 1. The van der Waals surface area contributed by atoms with E-state index in [1.54, 1.807) is 18.2 Å². The standard InChI is InChI=1S/C20H23NO10S2/c22-20(16-7-9-18(10-8-16)30-32(23,24)25)29-14-15-4-3-11-21(12-15)13-17-5-1-2-6-19(17)31-33(26,27)28/h1-2,5-10,15H,3-4,11-14H2,(H,23,24,25)(H,26,27,28). The molecular formula is C20H23NO10S2. The average Bonchev–Trinajstić information content (AvgIpc) is 2.72. The highest BCUT2D eigenvalue weighted by Crippen LogP contribution is 2.25. The molecule has 0 amide bonds. The van der Waals surface area contributed by atoms with E-state index in [9.17, 15) is 21.6 Å². The van der Waals surface area contributed by atoms with Crippen LogP contribution in [0.1, 0.15) is 28.8 Å². The average molecular weight is 502 g/mol. The van der Waals surface area contributed by atoms with Gasteiger partial charge in [-0.15, -0.1) is 0 Å². The molecule has 33 heavy (non-hydrogen) atoms. The topological polar surface area (TPSA) is 157 Å². The summed E-state index contributed by atoms with van der Waals surface area (Å²) in [4.78, 5) is 14.4. The predicted octanol–water partition coefficient (Wildman–Crippen LogP) is 2.12. The lowest BCUT2D eigenvalue weighted by atomic mass is 9.98. The molecule has 1 saturated heterocycles. The summed E-state index contributed by atoms with van der Waals surface area (Å²) in [5, 5.41) is 0. The Bertz CT molecular complexity index is 1180. The van der Waals surface area contributed by atoms with E-state index in [2.05, 4.69) is 13.3 Å². The van der Waals surface area contributed by atoms with Crippen molar-refractivity contribution >= 4 is 26.8 Å². The molecule has 1 aliphatic heterocycles. The van der Waals surface area contributed by atoms with Crippen LogP contribution in [0.5, 0.6) is 11.5 Å². The van der Waals surface area contributed by atoms with Crippen LogP contribution in [-0.2, 0) is 32.1 Å². The highest BCUT2D eigenvalue weighted by molar-refractivity contribution is 7.81. The minimum atomic E-state index is -4.65. The van der Waals surface area contributed by atoms with Gasteiger partial charge in [0.05, 0.1) is 12.2 Å². The van der Waals surface area contributed by atoms with Gasteiger partial charge in [0.15, 0.2) is 0 Å². The lowest BCUT2D eigenvalue weighted by Gasteiger charge is -2.32. The molecule has 0 radical (unpaired) electrons. The van der Waals surface area contributed by atoms with Gasteiger partial charge in [0.25, 0.3) is 0 Å². The number of likely N-dealkylation sites (tertiary alicyclic amines) is 1. The van der Waals surface area contributed by atoms with Crippen molar-refractivity contribution in [2.75, 3.05) is 19.7 Å². The minimum Gasteiger partial charge on any atom is -0.462 e. The fraction of sp³-hybridized carbons (Fsp3) is 0.350. The molecule has 2 aromatic rings. The molecule has 0 aromatic heterocycles. The third-order valence-corrected chi connectivity index (χ3v) is 5.70. The molecule has 3 rings (SSSR count). The van der Waals surface area contributed by atoms with Crippen LogP contribution in [0.4, 0.5) is 0 Å². The molecule has 0 spiro atoms. The fourth-order valence-electron chi connectivity index (χ4n) is 3.55. The quantitative estimate of drug-likeness (QED) is 0.383. The monoisotopic (exact) mass is 501 g/mol. The van der Waals surface area contributed by atoms with Gasteiger partial charge >= 0.3 is 26.8 Å². The number of carbonyl (C=O) groups excluding carboxylic acids is 1. The van der Waals surface area contributed by atoms with Crippen LogP contribution in [0, 0.1) is 5.92 Å². The lowest BCUT2D eigenvalue weighted by molar-refractivity contribution is 0.0347. The highest BCUT2D eigenvalue weighted by Gasteiger charge is 2.23. The van der Waals surface area contributed by atoms with Crippen LogP contribution in [0.3, 0.4) is 0 Å². The van der Waals surface area contributed by atoms with Crippen molar-refractivity contribution in [2.24, 2.45) is 5.92 Å². The van der Waals surface area contributed by atoms with Crippen molar-refractivity contribution in [1.82, 2.24) is 4.90 Å². The third-order valence-electron chi connectivity index (χ3n) is 4.91. The van der Waals surface area contributed by atoms with E-state index in [0.29, 0.717) is 18.7 Å². The summed E-state index contributed by atoms with van der Waals surface area (Å²) < 4.78 is 75.5. The zero-order chi connectivity index (χ0) is 24.1. The summed E-state index contributed by atoms with van der Waals surface area (Å²) in [6.07, 6.45) is 1.69. The Kier molecular flexibility index (Phi) is 7.92. The second kappa shape index (κ2) is 10.5. The van der Waals surface area contributed by atoms with Crippen molar-refractivity contribution in [3.05, 3.63) is 59.7 Å². The first-order valence-corrected chi connectivity index (χ1v) is 12.6. The maximum Gasteiger partial charge on any atom is 0.446 e. The number of piperidine rings is 1. The van der Waals surface area contributed by atoms with E-state index in [0.717, 1.165) is 19.4 Å². The van der Waals surface area contributed by atoms with Crippen LogP contribution < -0.4 is 8.37 Å². The Balaban J connectivity index is 1.54. The maximum absolute atomic E-state index is 12.3. The number of ether oxygens (including phenoxy) is 1. The SMILES string of the molecule is O=C(OCC1CCCN(Cc2ccccc2OS(=O)(=O)O)C1)c1ccc(OS(=O)(=O)O)cc1. The Labute approximate surface area is 191 Å². The van der Waals surface area contributed by atoms with Gasteiger partial charge in [-0.2, -0.15) is 16.8 Å². The smallest absolute Gasteiger partial charge is 0.446 e. The van der Waals surface area contributed by atoms with Crippen molar-refractivity contribution in [1.29, 1.82) is 0 Å². The van der Waals surface area contributed by atoms with Crippen LogP contribution >= 0.6 is 0 Å². The Hall–Kier alpha value is -2.71. The second-order valence-electron chi connectivity index (χ2n) is 7.50. The van der Waals surface area contributed by atoms with E-state index < -0.39 is 26.8 Å². The highest BCUT2D eigenvalue weighted by atomic mass is 32.3. The van der Waals surface area contributed by atoms with Crippen molar-refractivity contribution in [3.63, 3.8) is 0 Å². The first-order valence-electron chi connectivity index (χ1n) is 9.90. The van der Waals surface area contributed by atoms with Crippen LogP contribution in [0.25, 0.3) is 0 Å². The molecule has 1 aliphatic rings. The molecule has 1 fully saturated rings. The molecule has 1 heterocycles. The Morgan fingerprint density at radius 2 is 1.64 bits per heavy atom. The van der Waals surface area contributed by atoms with Gasteiger partial charge in [-0.25, -0.2) is 4.79 Å². The summed E-state index contributed by atoms with van der Waals surface area (Å²) >= 11 is 0. The van der Waals surface area contributed by atoms with Gasteiger partial charge in [0.2, 0.25) is 0 Å². The van der Waals surface area contributed by atoms with E-state index in [4.69, 9.17) is 13.8 Å². The number of hydrogen-bond acceptors (Lipinski definition) is 9. The number of benzene rings is 2. The zero-order valence-electron chi connectivity index (χ0n) is 17.4. The van der Waals surface area contributed by atoms with Crippen molar-refractivity contribution < 1.29 is 43.8 Å². The lowest BCUT2D eigenvalue weighted by Crippen LogP contribution is -2.37. The summed E-state index contributed by atoms with van der Waals surface area (Å²) in [5.41, 5.74) is 0.793. The van der Waals surface area contributed by atoms with Crippen LogP contribution in [0.2, 0.25) is 0 Å². The maximum atomic E-state index is 12.3. The van der Waals surface area contributed by atoms with Gasteiger partial charge in [-0.1, -0.05) is 18.2 Å². The largest absolute Gasteiger partial charge is 0.462 e. The molecule has 0 aliphatic carbocycles. The zero-order valence-corrected chi connectivity index (χ0v) is 19.0. The van der Waals surface area contributed by atoms with Gasteiger partial charge in [-0.05, 0) is 49.7 Å². The van der Waals surface area contributed by atoms with Crippen LogP contribution in [-0.4, -0.2) is 56.5 Å². The number of nitrogens with zero attached hydrogens (tertiary/aromatic N) is 1. The summed E-state index contributed by atoms with van der Waals surface area (Å²) in [5.74, 6) is -0.623. The van der Waals surface area contributed by atoms with E-state index in [-0.39, 0.29) is 29.6 Å². The van der Waals surface area contributed by atoms with Crippen molar-refractivity contribution in [2.45, 2.75) is 19.4 Å². The first-order chi connectivity index (χ1) is 15.5. The second-order valence-corrected chi connectivity index (χ2v) is 9.54. The summed E-state index contributed by atoms with van der Waals surface area (Å²) in [6, 6.07) is 11.6. The molecular weight excluding hydrogens is 478 g/mol. The normalized spacial score (nSPS) is 17.3. The van der Waals surface area contributed by atoms with E-state index >= 15 is 0 Å². The molecule has 1 unspecified atom stereocenters. The number of esters is 1. The molecule has 180 valence electrons. The minimum absolute atomic E-state index is 0.0509. The number of rotatable bonds is 9. The molecule has 0 saturated carbocycles. The molecule has 11 nitrogen and oxygen atoms in total. The van der Waals surface area contributed by atoms with Crippen LogP contribution in [0.15, 0.2) is 48.5 Å². The predicted molar refractivity (Wildman–Crippen MR) is 116 cm³/mol. The van der Waals surface area contributed by atoms with Gasteiger partial charge in [0.1, 0.15) is 11.5 Å². The van der Waals surface area contributed by atoms with Crippen molar-refractivity contribution in [3.8, 4) is 11.5 Å². The molecule has 2 aromatic carbocycles. The van der Waals surface area contributed by atoms with E-state index in [1.165, 1.54) is 30.3 Å². The fourth-order valence-corrected chi connectivity index (χ4v) is 4.29. The third kappa shape index (κ3) is 8.29. The van der Waals surface area contributed by atoms with Gasteiger partial charge in [-0.3, -0.25) is 14.0 Å². The molecule has 0 bridgehead atoms. The molecule has 2 N–H and O–H groups in total. The molecule has 1 atom stereocenters. The Morgan fingerprint density at radius 3 is 2.30 bits per heavy atom. The molecule has 13 heteroatoms. The summed E-state index contributed by atoms with van der Waals surface area (Å²) in [6.45, 7) is 1.93. The Morgan fingerprint density at radius 1 is 0.970 bits per heavy atom. The first kappa shape index (κ1) is 24.9. The number of hydrogen-bond donors (Lipinski definition) is 2. The number of carbonyl (C=O) groups is 1. The van der Waals surface area contributed by atoms with Gasteiger partial charge in [0, 0.05) is 24.6 Å². The van der Waals surface area contributed by atoms with E-state index in [1.807, 2.05) is 0 Å². The van der Waals surface area contributed by atoms with Gasteiger partial charge < -0.3 is 13.1 Å². The summed E-state index contributed by atoms with van der Waals surface area (Å²) in [7, 11) is -9.28.